The van der Waals surface area contributed by atoms with Gasteiger partial charge in [-0.05, 0) is 37.3 Å². The van der Waals surface area contributed by atoms with Crippen LogP contribution in [0.5, 0.6) is 0 Å². The Morgan fingerprint density at radius 3 is 2.46 bits per heavy atom. The van der Waals surface area contributed by atoms with Gasteiger partial charge >= 0.3 is 0 Å². The van der Waals surface area contributed by atoms with Gasteiger partial charge < -0.3 is 9.64 Å². The van der Waals surface area contributed by atoms with Crippen LogP contribution in [0.1, 0.15) is 27.3 Å². The number of morpholine rings is 1. The molecule has 1 amide bonds. The van der Waals surface area contributed by atoms with Crippen molar-refractivity contribution in [2.24, 2.45) is 0 Å². The van der Waals surface area contributed by atoms with E-state index in [1.165, 1.54) is 36.7 Å². The van der Waals surface area contributed by atoms with E-state index < -0.39 is 15.8 Å². The molecule has 0 saturated carbocycles. The van der Waals surface area contributed by atoms with Crippen molar-refractivity contribution in [3.63, 3.8) is 0 Å². The number of nitrogens with zero attached hydrogens (tertiary/aromatic N) is 3. The monoisotopic (exact) mass is 497 g/mol. The lowest BCUT2D eigenvalue weighted by molar-refractivity contribution is 0.0303. The highest BCUT2D eigenvalue weighted by molar-refractivity contribution is 7.92. The lowest BCUT2D eigenvalue weighted by Gasteiger charge is -2.27. The Hall–Kier alpha value is -3.70. The van der Waals surface area contributed by atoms with Crippen molar-refractivity contribution in [2.75, 3.05) is 37.3 Å². The second kappa shape index (κ2) is 9.88. The van der Waals surface area contributed by atoms with E-state index in [-0.39, 0.29) is 28.7 Å². The summed E-state index contributed by atoms with van der Waals surface area (Å²) in [6.07, 6.45) is 3.80. The van der Waals surface area contributed by atoms with Crippen LogP contribution in [-0.4, -0.2) is 67.5 Å². The van der Waals surface area contributed by atoms with E-state index in [1.807, 2.05) is 6.92 Å². The summed E-state index contributed by atoms with van der Waals surface area (Å²) in [6.45, 7) is 3.59. The van der Waals surface area contributed by atoms with Crippen molar-refractivity contribution in [3.05, 3.63) is 77.1 Å². The number of carbonyl (C=O) groups excluding carboxylic acids is 1. The molecule has 2 heterocycles. The van der Waals surface area contributed by atoms with Crippen LogP contribution in [0.4, 0.5) is 10.1 Å². The number of benzene rings is 2. The zero-order chi connectivity index (χ0) is 25.2. The minimum absolute atomic E-state index is 0.00525. The van der Waals surface area contributed by atoms with Gasteiger partial charge in [0.1, 0.15) is 11.5 Å². The molecule has 0 aliphatic carbocycles. The number of carbonyl (C=O) groups is 1. The highest BCUT2D eigenvalue weighted by Gasteiger charge is 2.22. The third kappa shape index (κ3) is 5.69. The fourth-order valence-corrected chi connectivity index (χ4v) is 4.28. The molecule has 4 rings (SSSR count). The minimum Gasteiger partial charge on any atom is -0.378 e. The number of halogens is 1. The van der Waals surface area contributed by atoms with Gasteiger partial charge in [0.15, 0.2) is 5.82 Å². The zero-order valence-electron chi connectivity index (χ0n) is 19.2. The maximum absolute atomic E-state index is 14.3. The SMILES string of the molecule is Cc1ccc(F)c(-c2cnc(C(=N)c3cc(C(=O)N4CCOCC4)ccc3NS(C)(=O)=O)nc2)c1. The summed E-state index contributed by atoms with van der Waals surface area (Å²) >= 11 is 0. The quantitative estimate of drug-likeness (QED) is 0.505. The average molecular weight is 498 g/mol. The first kappa shape index (κ1) is 24.4. The molecule has 1 aliphatic rings. The van der Waals surface area contributed by atoms with Gasteiger partial charge in [-0.2, -0.15) is 0 Å². The zero-order valence-corrected chi connectivity index (χ0v) is 20.0. The summed E-state index contributed by atoms with van der Waals surface area (Å²) in [4.78, 5) is 23.0. The van der Waals surface area contributed by atoms with Crippen molar-refractivity contribution in [2.45, 2.75) is 6.92 Å². The average Bonchev–Trinajstić information content (AvgIpc) is 2.84. The van der Waals surface area contributed by atoms with Crippen LogP contribution in [0, 0.1) is 18.2 Å². The maximum atomic E-state index is 14.3. The number of hydrogen-bond donors (Lipinski definition) is 2. The maximum Gasteiger partial charge on any atom is 0.254 e. The summed E-state index contributed by atoms with van der Waals surface area (Å²) in [5.41, 5.74) is 2.01. The highest BCUT2D eigenvalue weighted by atomic mass is 32.2. The molecule has 0 spiro atoms. The summed E-state index contributed by atoms with van der Waals surface area (Å²) in [6, 6.07) is 9.09. The Morgan fingerprint density at radius 1 is 1.11 bits per heavy atom. The van der Waals surface area contributed by atoms with E-state index in [0.717, 1.165) is 11.8 Å². The molecule has 0 bridgehead atoms. The molecule has 3 aromatic rings. The van der Waals surface area contributed by atoms with Crippen LogP contribution in [0.25, 0.3) is 11.1 Å². The van der Waals surface area contributed by atoms with Crippen molar-refractivity contribution in [1.82, 2.24) is 14.9 Å². The van der Waals surface area contributed by atoms with Gasteiger partial charge in [-0.3, -0.25) is 14.9 Å². The molecule has 2 N–H and O–H groups in total. The molecule has 1 aromatic heterocycles. The Balaban J connectivity index is 1.69. The highest BCUT2D eigenvalue weighted by Crippen LogP contribution is 2.25. The van der Waals surface area contributed by atoms with Gasteiger partial charge in [-0.15, -0.1) is 0 Å². The molecule has 1 aliphatic heterocycles. The normalized spacial score (nSPS) is 14.0. The van der Waals surface area contributed by atoms with Gasteiger partial charge in [-0.25, -0.2) is 22.8 Å². The lowest BCUT2D eigenvalue weighted by atomic mass is 10.0. The molecule has 0 radical (unpaired) electrons. The Morgan fingerprint density at radius 2 is 1.80 bits per heavy atom. The van der Waals surface area contributed by atoms with E-state index in [1.54, 1.807) is 17.0 Å². The van der Waals surface area contributed by atoms with Crippen molar-refractivity contribution < 1.29 is 22.3 Å². The number of anilines is 1. The number of amides is 1. The molecule has 2 aromatic carbocycles. The Bertz CT molecular complexity index is 1390. The second-order valence-electron chi connectivity index (χ2n) is 8.19. The molecule has 0 unspecified atom stereocenters. The first-order chi connectivity index (χ1) is 16.6. The molecule has 1 fully saturated rings. The van der Waals surface area contributed by atoms with Crippen LogP contribution >= 0.6 is 0 Å². The molecular formula is C24H24FN5O4S. The standard InChI is InChI=1S/C24H24FN5O4S/c1-15-3-5-20(25)18(11-15)17-13-27-23(28-14-17)22(26)19-12-16(4-6-21(19)29-35(2,32)33)24(31)30-7-9-34-10-8-30/h3-6,11-14,26,29H,7-10H2,1-2H3. The van der Waals surface area contributed by atoms with Gasteiger partial charge in [0.2, 0.25) is 10.0 Å². The largest absolute Gasteiger partial charge is 0.378 e. The molecule has 0 atom stereocenters. The minimum atomic E-state index is -3.66. The van der Waals surface area contributed by atoms with Crippen LogP contribution in [-0.2, 0) is 14.8 Å². The van der Waals surface area contributed by atoms with Crippen molar-refractivity contribution in [1.29, 1.82) is 5.41 Å². The number of aryl methyl sites for hydroxylation is 1. The fourth-order valence-electron chi connectivity index (χ4n) is 3.70. The van der Waals surface area contributed by atoms with Gasteiger partial charge in [0, 0.05) is 47.7 Å². The predicted molar refractivity (Wildman–Crippen MR) is 130 cm³/mol. The van der Waals surface area contributed by atoms with E-state index >= 15 is 0 Å². The van der Waals surface area contributed by atoms with E-state index in [9.17, 15) is 17.6 Å². The summed E-state index contributed by atoms with van der Waals surface area (Å²) in [5.74, 6) is -0.676. The lowest BCUT2D eigenvalue weighted by Crippen LogP contribution is -2.40. The van der Waals surface area contributed by atoms with Crippen LogP contribution in [0.3, 0.4) is 0 Å². The number of aromatic nitrogens is 2. The molecular weight excluding hydrogens is 473 g/mol. The van der Waals surface area contributed by atoms with Gasteiger partial charge in [-0.1, -0.05) is 11.6 Å². The summed E-state index contributed by atoms with van der Waals surface area (Å²) < 4.78 is 45.7. The smallest absolute Gasteiger partial charge is 0.254 e. The van der Waals surface area contributed by atoms with E-state index in [4.69, 9.17) is 10.1 Å². The van der Waals surface area contributed by atoms with Crippen LogP contribution in [0.15, 0.2) is 48.8 Å². The third-order valence-electron chi connectivity index (χ3n) is 5.44. The Kier molecular flexibility index (Phi) is 6.90. The number of hydrogen-bond acceptors (Lipinski definition) is 7. The van der Waals surface area contributed by atoms with Gasteiger partial charge in [0.05, 0.1) is 25.2 Å². The molecule has 182 valence electrons. The number of ether oxygens (including phenoxy) is 1. The van der Waals surface area contributed by atoms with Crippen molar-refractivity contribution in [3.8, 4) is 11.1 Å². The van der Waals surface area contributed by atoms with Gasteiger partial charge in [0.25, 0.3) is 5.91 Å². The second-order valence-corrected chi connectivity index (χ2v) is 9.94. The number of sulfonamides is 1. The van der Waals surface area contributed by atoms with Crippen molar-refractivity contribution >= 4 is 27.3 Å². The molecule has 1 saturated heterocycles. The van der Waals surface area contributed by atoms with Crippen LogP contribution in [0.2, 0.25) is 0 Å². The number of nitrogens with one attached hydrogen (secondary N) is 2. The van der Waals surface area contributed by atoms with E-state index in [2.05, 4.69) is 14.7 Å². The van der Waals surface area contributed by atoms with E-state index in [0.29, 0.717) is 43.0 Å². The third-order valence-corrected chi connectivity index (χ3v) is 6.03. The molecule has 11 heteroatoms. The molecule has 35 heavy (non-hydrogen) atoms. The van der Waals surface area contributed by atoms with Crippen LogP contribution < -0.4 is 4.72 Å². The predicted octanol–water partition coefficient (Wildman–Crippen LogP) is 2.85. The first-order valence-electron chi connectivity index (χ1n) is 10.8. The first-order valence-corrected chi connectivity index (χ1v) is 12.7. The topological polar surface area (TPSA) is 125 Å². The summed E-state index contributed by atoms with van der Waals surface area (Å²) in [5, 5.41) is 8.67. The fraction of sp³-hybridized carbons (Fsp3) is 0.250. The Labute approximate surface area is 202 Å². The molecule has 9 nitrogen and oxygen atoms in total. The summed E-state index contributed by atoms with van der Waals surface area (Å²) in [7, 11) is -3.66. The number of rotatable bonds is 6.